The third-order valence-electron chi connectivity index (χ3n) is 5.60. The van der Waals surface area contributed by atoms with E-state index in [-0.39, 0.29) is 40.1 Å². The zero-order valence-electron chi connectivity index (χ0n) is 15.7. The van der Waals surface area contributed by atoms with E-state index in [1.807, 2.05) is 12.1 Å². The van der Waals surface area contributed by atoms with Crippen LogP contribution < -0.4 is 15.4 Å². The minimum absolute atomic E-state index is 0.000298. The molecule has 1 heterocycles. The third kappa shape index (κ3) is 4.05. The highest BCUT2D eigenvalue weighted by Crippen LogP contribution is 2.67. The van der Waals surface area contributed by atoms with Gasteiger partial charge in [-0.15, -0.1) is 0 Å². The molecule has 0 spiro atoms. The summed E-state index contributed by atoms with van der Waals surface area (Å²) >= 11 is 5.62. The fraction of sp³-hybridized carbons (Fsp3) is 0.381. The van der Waals surface area contributed by atoms with Gasteiger partial charge in [0, 0.05) is 30.5 Å². The van der Waals surface area contributed by atoms with Crippen LogP contribution in [0.15, 0.2) is 42.7 Å². The van der Waals surface area contributed by atoms with Crippen LogP contribution in [0.2, 0.25) is 5.02 Å². The molecule has 3 aliphatic rings. The van der Waals surface area contributed by atoms with Crippen LogP contribution in [0.1, 0.15) is 24.8 Å². The molecular formula is C21H21ClFN3O3. The number of hydrogen-bond acceptors (Lipinski definition) is 4. The molecule has 6 nitrogen and oxygen atoms in total. The Labute approximate surface area is 172 Å². The summed E-state index contributed by atoms with van der Waals surface area (Å²) < 4.78 is 18.7. The zero-order valence-corrected chi connectivity index (χ0v) is 16.5. The number of nitrogens with one attached hydrogen (secondary N) is 2. The van der Waals surface area contributed by atoms with Crippen molar-refractivity contribution in [1.82, 2.24) is 15.6 Å². The lowest BCUT2D eigenvalue weighted by molar-refractivity contribution is -0.183. The van der Waals surface area contributed by atoms with Gasteiger partial charge in [0.1, 0.15) is 11.6 Å². The molecule has 2 amide bonds. The molecule has 0 aliphatic heterocycles. The van der Waals surface area contributed by atoms with Crippen molar-refractivity contribution in [2.24, 2.45) is 5.41 Å². The molecule has 0 radical (unpaired) electrons. The smallest absolute Gasteiger partial charge is 0.258 e. The van der Waals surface area contributed by atoms with E-state index in [1.165, 1.54) is 12.1 Å². The van der Waals surface area contributed by atoms with Gasteiger partial charge >= 0.3 is 0 Å². The van der Waals surface area contributed by atoms with E-state index in [4.69, 9.17) is 16.3 Å². The Balaban J connectivity index is 1.18. The Morgan fingerprint density at radius 3 is 2.72 bits per heavy atom. The van der Waals surface area contributed by atoms with Crippen LogP contribution >= 0.6 is 11.6 Å². The van der Waals surface area contributed by atoms with Crippen LogP contribution in [0, 0.1) is 11.2 Å². The van der Waals surface area contributed by atoms with Crippen molar-refractivity contribution >= 4 is 23.4 Å². The van der Waals surface area contributed by atoms with E-state index in [1.54, 1.807) is 12.4 Å². The number of benzene rings is 1. The number of aromatic nitrogens is 1. The van der Waals surface area contributed by atoms with E-state index in [0.717, 1.165) is 18.1 Å². The molecule has 3 saturated carbocycles. The number of halogens is 2. The first-order valence-corrected chi connectivity index (χ1v) is 9.84. The fourth-order valence-electron chi connectivity index (χ4n) is 4.26. The maximum absolute atomic E-state index is 13.4. The average molecular weight is 418 g/mol. The van der Waals surface area contributed by atoms with Gasteiger partial charge in [-0.1, -0.05) is 17.7 Å². The first-order valence-electron chi connectivity index (χ1n) is 9.46. The van der Waals surface area contributed by atoms with Gasteiger partial charge in [-0.25, -0.2) is 4.39 Å². The van der Waals surface area contributed by atoms with Gasteiger partial charge in [0.2, 0.25) is 5.91 Å². The van der Waals surface area contributed by atoms with Gasteiger partial charge in [-0.3, -0.25) is 14.6 Å². The van der Waals surface area contributed by atoms with E-state index in [0.29, 0.717) is 25.8 Å². The summed E-state index contributed by atoms with van der Waals surface area (Å²) in [6, 6.07) is 7.87. The second-order valence-corrected chi connectivity index (χ2v) is 8.28. The average Bonchev–Trinajstić information content (AvgIpc) is 2.65. The predicted molar refractivity (Wildman–Crippen MR) is 105 cm³/mol. The lowest BCUT2D eigenvalue weighted by atomic mass is 9.39. The van der Waals surface area contributed by atoms with Crippen molar-refractivity contribution < 1.29 is 18.7 Å². The molecule has 29 heavy (non-hydrogen) atoms. The highest BCUT2D eigenvalue weighted by molar-refractivity contribution is 6.30. The Morgan fingerprint density at radius 2 is 2.03 bits per heavy atom. The molecule has 1 aromatic carbocycles. The molecule has 5 rings (SSSR count). The second-order valence-electron chi connectivity index (χ2n) is 7.87. The van der Waals surface area contributed by atoms with Crippen LogP contribution in [-0.2, 0) is 16.0 Å². The van der Waals surface area contributed by atoms with Gasteiger partial charge < -0.3 is 15.4 Å². The predicted octanol–water partition coefficient (Wildman–Crippen LogP) is 2.65. The van der Waals surface area contributed by atoms with Crippen LogP contribution in [0.4, 0.5) is 4.39 Å². The van der Waals surface area contributed by atoms with Crippen LogP contribution in [0.25, 0.3) is 0 Å². The zero-order chi connectivity index (χ0) is 20.5. The van der Waals surface area contributed by atoms with Gasteiger partial charge in [-0.05, 0) is 49.4 Å². The number of amides is 2. The molecule has 0 saturated heterocycles. The van der Waals surface area contributed by atoms with E-state index in [2.05, 4.69) is 15.6 Å². The number of ether oxygens (including phenoxy) is 1. The van der Waals surface area contributed by atoms with Crippen molar-refractivity contribution in [2.75, 3.05) is 13.2 Å². The summed E-state index contributed by atoms with van der Waals surface area (Å²) in [6.07, 6.45) is 6.16. The first kappa shape index (κ1) is 19.6. The Hall–Kier alpha value is -2.67. The Morgan fingerprint density at radius 1 is 1.24 bits per heavy atom. The topological polar surface area (TPSA) is 80.3 Å². The van der Waals surface area contributed by atoms with Crippen LogP contribution in [0.3, 0.4) is 0 Å². The maximum atomic E-state index is 13.4. The molecule has 0 unspecified atom stereocenters. The standard InChI is InChI=1S/C21H21ClFN3O3/c22-16-4-3-15(8-17(16)23)29-10-18(27)26-21-11-20(12-21,13-21)19(28)25-7-5-14-2-1-6-24-9-14/h1-4,6,8-9H,5,7,10-13H2,(H,25,28)(H,26,27). The van der Waals surface area contributed by atoms with Crippen molar-refractivity contribution in [3.05, 3.63) is 59.1 Å². The summed E-state index contributed by atoms with van der Waals surface area (Å²) in [5.41, 5.74) is 0.407. The van der Waals surface area contributed by atoms with E-state index >= 15 is 0 Å². The molecule has 0 atom stereocenters. The number of carbonyl (C=O) groups is 2. The SMILES string of the molecule is O=C(COc1ccc(Cl)c(F)c1)NC12CC(C(=O)NCCc3cccnc3)(C1)C2. The first-order chi connectivity index (χ1) is 13.9. The van der Waals surface area contributed by atoms with Crippen molar-refractivity contribution in [2.45, 2.75) is 31.2 Å². The molecule has 1 aromatic heterocycles. The highest BCUT2D eigenvalue weighted by atomic mass is 35.5. The molecule has 3 aliphatic carbocycles. The lowest BCUT2D eigenvalue weighted by Gasteiger charge is -2.69. The molecule has 3 fully saturated rings. The Kier molecular flexibility index (Phi) is 5.17. The monoisotopic (exact) mass is 417 g/mol. The quantitative estimate of drug-likeness (QED) is 0.692. The number of hydrogen-bond donors (Lipinski definition) is 2. The molecule has 2 aromatic rings. The van der Waals surface area contributed by atoms with Crippen molar-refractivity contribution in [1.29, 1.82) is 0 Å². The summed E-state index contributed by atoms with van der Waals surface area (Å²) in [6.45, 7) is 0.351. The largest absolute Gasteiger partial charge is 0.484 e. The van der Waals surface area contributed by atoms with Gasteiger partial charge in [-0.2, -0.15) is 0 Å². The van der Waals surface area contributed by atoms with Crippen LogP contribution in [0.5, 0.6) is 5.75 Å². The number of pyridine rings is 1. The Bertz CT molecular complexity index is 918. The number of carbonyl (C=O) groups excluding carboxylic acids is 2. The highest BCUT2D eigenvalue weighted by Gasteiger charge is 2.72. The summed E-state index contributed by atoms with van der Waals surface area (Å²) in [5, 5.41) is 5.93. The molecule has 152 valence electrons. The van der Waals surface area contributed by atoms with Gasteiger partial charge in [0.15, 0.2) is 6.61 Å². The van der Waals surface area contributed by atoms with Crippen molar-refractivity contribution in [3.8, 4) is 5.75 Å². The minimum Gasteiger partial charge on any atom is -0.484 e. The summed E-state index contributed by atoms with van der Waals surface area (Å²) in [7, 11) is 0. The second kappa shape index (κ2) is 7.63. The van der Waals surface area contributed by atoms with Gasteiger partial charge in [0.05, 0.1) is 10.4 Å². The number of nitrogens with zero attached hydrogens (tertiary/aromatic N) is 1. The summed E-state index contributed by atoms with van der Waals surface area (Å²) in [4.78, 5) is 28.7. The van der Waals surface area contributed by atoms with E-state index in [9.17, 15) is 14.0 Å². The molecule has 2 N–H and O–H groups in total. The molecular weight excluding hydrogens is 397 g/mol. The summed E-state index contributed by atoms with van der Waals surface area (Å²) in [5.74, 6) is -0.597. The number of rotatable bonds is 8. The normalized spacial score (nSPS) is 24.1. The van der Waals surface area contributed by atoms with Gasteiger partial charge in [0.25, 0.3) is 5.91 Å². The maximum Gasteiger partial charge on any atom is 0.258 e. The lowest BCUT2D eigenvalue weighted by Crippen LogP contribution is -2.78. The third-order valence-corrected chi connectivity index (χ3v) is 5.91. The van der Waals surface area contributed by atoms with Crippen LogP contribution in [-0.4, -0.2) is 35.5 Å². The van der Waals surface area contributed by atoms with Crippen molar-refractivity contribution in [3.63, 3.8) is 0 Å². The molecule has 2 bridgehead atoms. The molecule has 8 heteroatoms. The fourth-order valence-corrected chi connectivity index (χ4v) is 4.38. The van der Waals surface area contributed by atoms with E-state index < -0.39 is 5.82 Å². The minimum atomic E-state index is -0.597.